The number of hydrogen-bond donors (Lipinski definition) is 3. The molecule has 1 aromatic carbocycles. The van der Waals surface area contributed by atoms with Crippen LogP contribution in [0.4, 0.5) is 5.69 Å². The highest BCUT2D eigenvalue weighted by molar-refractivity contribution is 5.89. The van der Waals surface area contributed by atoms with Gasteiger partial charge in [0.05, 0.1) is 0 Å². The quantitative estimate of drug-likeness (QED) is 0.657. The van der Waals surface area contributed by atoms with E-state index in [1.807, 2.05) is 24.3 Å². The van der Waals surface area contributed by atoms with Crippen LogP contribution in [0.5, 0.6) is 0 Å². The van der Waals surface area contributed by atoms with E-state index < -0.39 is 0 Å². The molecule has 0 unspecified atom stereocenters. The molecule has 0 spiro atoms. The molecule has 0 aliphatic rings. The molecule has 5 N–H and O–H groups in total. The van der Waals surface area contributed by atoms with Gasteiger partial charge in [0.25, 0.3) is 0 Å². The van der Waals surface area contributed by atoms with Crippen molar-refractivity contribution in [2.24, 2.45) is 11.5 Å². The first-order valence-electron chi connectivity index (χ1n) is 4.47. The zero-order valence-electron chi connectivity index (χ0n) is 8.16. The molecule has 1 rings (SSSR count). The fourth-order valence-electron chi connectivity index (χ4n) is 1.25. The molecule has 4 nitrogen and oxygen atoms in total. The summed E-state index contributed by atoms with van der Waals surface area (Å²) < 4.78 is 0. The first-order chi connectivity index (χ1) is 6.65. The third-order valence-electron chi connectivity index (χ3n) is 1.92. The first kappa shape index (κ1) is 10.7. The Labute approximate surface area is 83.3 Å². The predicted octanol–water partition coefficient (Wildman–Crippen LogP) is 0.603. The molecule has 0 saturated carbocycles. The van der Waals surface area contributed by atoms with Gasteiger partial charge >= 0.3 is 0 Å². The smallest absolute Gasteiger partial charge is 0.221 e. The summed E-state index contributed by atoms with van der Waals surface area (Å²) in [6, 6.07) is 7.15. The second kappa shape index (κ2) is 4.74. The molecule has 0 fully saturated rings. The van der Waals surface area contributed by atoms with Crippen LogP contribution in [0.15, 0.2) is 24.3 Å². The van der Waals surface area contributed by atoms with Gasteiger partial charge in [-0.2, -0.15) is 0 Å². The Kier molecular flexibility index (Phi) is 3.62. The molecule has 0 bridgehead atoms. The van der Waals surface area contributed by atoms with E-state index in [4.69, 9.17) is 11.5 Å². The Morgan fingerprint density at radius 3 is 2.71 bits per heavy atom. The standard InChI is InChI=1S/C10H15N3O/c1-7(14)13-10-5-3-2-4-8(10)9(12)6-11/h2-5,9H,6,11-12H2,1H3,(H,13,14)/t9-/m0/s1. The lowest BCUT2D eigenvalue weighted by Gasteiger charge is -2.14. The Balaban J connectivity index is 2.96. The average molecular weight is 193 g/mol. The van der Waals surface area contributed by atoms with Gasteiger partial charge in [-0.05, 0) is 11.6 Å². The fraction of sp³-hybridized carbons (Fsp3) is 0.300. The Bertz CT molecular complexity index is 325. The van der Waals surface area contributed by atoms with Crippen molar-refractivity contribution >= 4 is 11.6 Å². The average Bonchev–Trinajstić information content (AvgIpc) is 2.16. The highest BCUT2D eigenvalue weighted by Crippen LogP contribution is 2.20. The summed E-state index contributed by atoms with van der Waals surface area (Å²) in [6.45, 7) is 1.82. The Morgan fingerprint density at radius 1 is 1.50 bits per heavy atom. The highest BCUT2D eigenvalue weighted by Gasteiger charge is 2.09. The van der Waals surface area contributed by atoms with Crippen LogP contribution < -0.4 is 16.8 Å². The zero-order chi connectivity index (χ0) is 10.6. The van der Waals surface area contributed by atoms with Crippen molar-refractivity contribution in [3.05, 3.63) is 29.8 Å². The number of carbonyl (C=O) groups excluding carboxylic acids is 1. The van der Waals surface area contributed by atoms with Gasteiger partial charge in [-0.25, -0.2) is 0 Å². The molecule has 0 heterocycles. The van der Waals surface area contributed by atoms with E-state index in [-0.39, 0.29) is 11.9 Å². The Hall–Kier alpha value is -1.39. The third kappa shape index (κ3) is 2.55. The van der Waals surface area contributed by atoms with E-state index in [0.29, 0.717) is 6.54 Å². The van der Waals surface area contributed by atoms with Crippen LogP contribution in [0.3, 0.4) is 0 Å². The van der Waals surface area contributed by atoms with Crippen molar-refractivity contribution in [2.75, 3.05) is 11.9 Å². The lowest BCUT2D eigenvalue weighted by Crippen LogP contribution is -2.22. The summed E-state index contributed by atoms with van der Waals surface area (Å²) in [5.74, 6) is -0.110. The van der Waals surface area contributed by atoms with E-state index in [9.17, 15) is 4.79 Å². The maximum absolute atomic E-state index is 10.9. The number of para-hydroxylation sites is 1. The normalized spacial score (nSPS) is 12.2. The van der Waals surface area contributed by atoms with Crippen LogP contribution in [0.1, 0.15) is 18.5 Å². The van der Waals surface area contributed by atoms with Crippen LogP contribution in [0.25, 0.3) is 0 Å². The maximum Gasteiger partial charge on any atom is 0.221 e. The zero-order valence-corrected chi connectivity index (χ0v) is 8.16. The molecule has 4 heteroatoms. The highest BCUT2D eigenvalue weighted by atomic mass is 16.1. The summed E-state index contributed by atoms with van der Waals surface area (Å²) in [4.78, 5) is 10.9. The van der Waals surface area contributed by atoms with E-state index in [2.05, 4.69) is 5.32 Å². The van der Waals surface area contributed by atoms with Crippen molar-refractivity contribution in [3.63, 3.8) is 0 Å². The van der Waals surface area contributed by atoms with Gasteiger partial charge in [0.15, 0.2) is 0 Å². The van der Waals surface area contributed by atoms with Crippen LogP contribution in [-0.2, 0) is 4.79 Å². The molecule has 76 valence electrons. The monoisotopic (exact) mass is 193 g/mol. The molecule has 0 radical (unpaired) electrons. The molecule has 0 aromatic heterocycles. The van der Waals surface area contributed by atoms with Crippen molar-refractivity contribution in [1.29, 1.82) is 0 Å². The molecule has 1 aromatic rings. The van der Waals surface area contributed by atoms with Gasteiger partial charge in [0, 0.05) is 25.2 Å². The van der Waals surface area contributed by atoms with Crippen LogP contribution >= 0.6 is 0 Å². The number of carbonyl (C=O) groups is 1. The summed E-state index contributed by atoms with van der Waals surface area (Å²) in [5.41, 5.74) is 12.9. The molecule has 0 saturated heterocycles. The van der Waals surface area contributed by atoms with Crippen LogP contribution in [0.2, 0.25) is 0 Å². The first-order valence-corrected chi connectivity index (χ1v) is 4.47. The summed E-state index contributed by atoms with van der Waals surface area (Å²) in [6.07, 6.45) is 0. The maximum atomic E-state index is 10.9. The van der Waals surface area contributed by atoms with Gasteiger partial charge in [0.2, 0.25) is 5.91 Å². The molecular formula is C10H15N3O. The van der Waals surface area contributed by atoms with E-state index in [1.54, 1.807) is 0 Å². The van der Waals surface area contributed by atoms with Gasteiger partial charge < -0.3 is 16.8 Å². The van der Waals surface area contributed by atoms with E-state index in [1.165, 1.54) is 6.92 Å². The van der Waals surface area contributed by atoms with Gasteiger partial charge in [-0.1, -0.05) is 18.2 Å². The SMILES string of the molecule is CC(=O)Nc1ccccc1[C@@H](N)CN. The largest absolute Gasteiger partial charge is 0.329 e. The fourth-order valence-corrected chi connectivity index (χ4v) is 1.25. The lowest BCUT2D eigenvalue weighted by molar-refractivity contribution is -0.114. The number of nitrogens with two attached hydrogens (primary N) is 2. The number of rotatable bonds is 3. The number of amides is 1. The lowest BCUT2D eigenvalue weighted by atomic mass is 10.1. The predicted molar refractivity (Wildman–Crippen MR) is 56.7 cm³/mol. The van der Waals surface area contributed by atoms with Crippen LogP contribution in [0, 0.1) is 0 Å². The van der Waals surface area contributed by atoms with E-state index in [0.717, 1.165) is 11.3 Å². The third-order valence-corrected chi connectivity index (χ3v) is 1.92. The molecule has 0 aliphatic carbocycles. The molecule has 14 heavy (non-hydrogen) atoms. The molecule has 0 aliphatic heterocycles. The minimum atomic E-state index is -0.238. The molecular weight excluding hydrogens is 178 g/mol. The van der Waals surface area contributed by atoms with Crippen molar-refractivity contribution in [2.45, 2.75) is 13.0 Å². The van der Waals surface area contributed by atoms with Crippen molar-refractivity contribution < 1.29 is 4.79 Å². The topological polar surface area (TPSA) is 81.1 Å². The molecule has 1 atom stereocenters. The van der Waals surface area contributed by atoms with Gasteiger partial charge in [0.1, 0.15) is 0 Å². The minimum Gasteiger partial charge on any atom is -0.329 e. The number of nitrogens with one attached hydrogen (secondary N) is 1. The number of hydrogen-bond acceptors (Lipinski definition) is 3. The van der Waals surface area contributed by atoms with Crippen molar-refractivity contribution in [3.8, 4) is 0 Å². The second-order valence-electron chi connectivity index (χ2n) is 3.11. The van der Waals surface area contributed by atoms with Crippen molar-refractivity contribution in [1.82, 2.24) is 0 Å². The summed E-state index contributed by atoms with van der Waals surface area (Å²) in [5, 5.41) is 2.71. The van der Waals surface area contributed by atoms with Gasteiger partial charge in [-0.15, -0.1) is 0 Å². The summed E-state index contributed by atoms with van der Waals surface area (Å²) in [7, 11) is 0. The second-order valence-corrected chi connectivity index (χ2v) is 3.11. The minimum absolute atomic E-state index is 0.110. The number of benzene rings is 1. The summed E-state index contributed by atoms with van der Waals surface area (Å²) >= 11 is 0. The Morgan fingerprint density at radius 2 is 2.14 bits per heavy atom. The molecule has 1 amide bonds. The van der Waals surface area contributed by atoms with Crippen LogP contribution in [-0.4, -0.2) is 12.5 Å². The van der Waals surface area contributed by atoms with E-state index >= 15 is 0 Å². The number of anilines is 1. The van der Waals surface area contributed by atoms with Gasteiger partial charge in [-0.3, -0.25) is 4.79 Å².